The molecule has 0 atom stereocenters. The number of nitrogens with zero attached hydrogens (tertiary/aromatic N) is 3. The number of hydrogen-bond acceptors (Lipinski definition) is 3. The van der Waals surface area contributed by atoms with Gasteiger partial charge >= 0.3 is 0 Å². The molecule has 6 aromatic carbocycles. The van der Waals surface area contributed by atoms with Gasteiger partial charge in [-0.05, 0) is 118 Å². The van der Waals surface area contributed by atoms with Crippen molar-refractivity contribution in [2.45, 2.75) is 82.4 Å². The Kier molecular flexibility index (Phi) is 6.70. The van der Waals surface area contributed by atoms with E-state index in [0.717, 1.165) is 82.2 Å². The quantitative estimate of drug-likeness (QED) is 0.181. The molecule has 7 aromatic rings. The summed E-state index contributed by atoms with van der Waals surface area (Å²) in [7, 11) is 0. The predicted octanol–water partition coefficient (Wildman–Crippen LogP) is 13.6. The normalized spacial score (nSPS) is 20.8. The van der Waals surface area contributed by atoms with Gasteiger partial charge in [-0.15, -0.1) is 0 Å². The van der Waals surface area contributed by atoms with Crippen LogP contribution in [0.3, 0.4) is 0 Å². The lowest BCUT2D eigenvalue weighted by atomic mass is 9.56. The molecule has 2 spiro atoms. The van der Waals surface area contributed by atoms with Crippen molar-refractivity contribution in [3.63, 3.8) is 0 Å². The molecule has 3 heteroatoms. The van der Waals surface area contributed by atoms with Gasteiger partial charge in [-0.25, -0.2) is 15.0 Å². The summed E-state index contributed by atoms with van der Waals surface area (Å²) in [5.74, 6) is 1.89. The Morgan fingerprint density at radius 3 is 1.45 bits per heavy atom. The van der Waals surface area contributed by atoms with Crippen molar-refractivity contribution in [3.05, 3.63) is 162 Å². The average Bonchev–Trinajstić information content (AvgIpc) is 3.69. The fourth-order valence-corrected chi connectivity index (χ4v) is 10.3. The molecule has 3 nitrogen and oxygen atoms in total. The van der Waals surface area contributed by atoms with E-state index in [1.165, 1.54) is 22.3 Å². The van der Waals surface area contributed by atoms with E-state index < -0.39 is 18.2 Å². The summed E-state index contributed by atoms with van der Waals surface area (Å²) < 4.78 is 39.8. The number of hydrogen-bond donors (Lipinski definition) is 0. The zero-order valence-electron chi connectivity index (χ0n) is 36.1. The third kappa shape index (κ3) is 5.20. The van der Waals surface area contributed by atoms with Crippen LogP contribution in [-0.4, -0.2) is 15.0 Å². The lowest BCUT2D eigenvalue weighted by Crippen LogP contribution is -2.38. The van der Waals surface area contributed by atoms with Crippen molar-refractivity contribution < 1.29 is 5.48 Å². The predicted molar refractivity (Wildman–Crippen MR) is 229 cm³/mol. The molecule has 0 bridgehead atoms. The molecule has 0 saturated heterocycles. The average molecular weight is 730 g/mol. The van der Waals surface area contributed by atoms with Gasteiger partial charge in [-0.2, -0.15) is 0 Å². The summed E-state index contributed by atoms with van der Waals surface area (Å²) >= 11 is 0. The topological polar surface area (TPSA) is 38.7 Å². The van der Waals surface area contributed by atoms with E-state index >= 15 is 0 Å². The lowest BCUT2D eigenvalue weighted by Gasteiger charge is -2.48. The minimum absolute atomic E-state index is 0.301. The molecule has 0 unspecified atom stereocenters. The van der Waals surface area contributed by atoms with E-state index in [2.05, 4.69) is 74.5 Å². The maximum atomic E-state index is 9.96. The fraction of sp³-hybridized carbons (Fsp3) is 0.264. The summed E-state index contributed by atoms with van der Waals surface area (Å²) in [6.45, 7) is 4.56. The zero-order valence-corrected chi connectivity index (χ0v) is 32.1. The number of benzene rings is 6. The molecule has 11 rings (SSSR count). The first-order chi connectivity index (χ1) is 28.9. The monoisotopic (exact) mass is 729 g/mol. The largest absolute Gasteiger partial charge is 0.208 e. The van der Waals surface area contributed by atoms with Crippen LogP contribution in [0.2, 0.25) is 0 Å². The number of fused-ring (bicyclic) bond motifs is 8. The second kappa shape index (κ2) is 12.7. The van der Waals surface area contributed by atoms with E-state index in [-0.39, 0.29) is 10.8 Å². The molecule has 0 aliphatic heterocycles. The van der Waals surface area contributed by atoms with Crippen LogP contribution >= 0.6 is 0 Å². The Labute approximate surface area is 336 Å². The molecule has 0 radical (unpaired) electrons. The lowest BCUT2D eigenvalue weighted by molar-refractivity contribution is 0.0951. The summed E-state index contributed by atoms with van der Waals surface area (Å²) in [6, 6.07) is 47.8. The second-order valence-corrected chi connectivity index (χ2v) is 17.0. The van der Waals surface area contributed by atoms with Crippen LogP contribution in [0.1, 0.15) is 99.3 Å². The van der Waals surface area contributed by atoms with Gasteiger partial charge in [0.1, 0.15) is 0 Å². The minimum atomic E-state index is -1.78. The maximum Gasteiger partial charge on any atom is 0.164 e. The van der Waals surface area contributed by atoms with Crippen molar-refractivity contribution in [2.24, 2.45) is 5.41 Å². The first kappa shape index (κ1) is 29.6. The molecular weight excluding hydrogens is 679 g/mol. The van der Waals surface area contributed by atoms with E-state index in [4.69, 9.17) is 15.0 Å². The van der Waals surface area contributed by atoms with Gasteiger partial charge in [0.25, 0.3) is 0 Å². The Hall–Kier alpha value is -5.67. The fourth-order valence-electron chi connectivity index (χ4n) is 10.3. The van der Waals surface area contributed by atoms with Crippen LogP contribution in [0.25, 0.3) is 67.5 Å². The van der Waals surface area contributed by atoms with Crippen molar-refractivity contribution >= 4 is 0 Å². The summed E-state index contributed by atoms with van der Waals surface area (Å²) in [4.78, 5) is 15.0. The third-order valence-corrected chi connectivity index (χ3v) is 13.4. The van der Waals surface area contributed by atoms with E-state index in [9.17, 15) is 5.48 Å². The molecule has 2 fully saturated rings. The Morgan fingerprint density at radius 1 is 0.411 bits per heavy atom. The highest BCUT2D eigenvalue weighted by atomic mass is 15.0. The molecule has 2 saturated carbocycles. The van der Waals surface area contributed by atoms with Gasteiger partial charge in [0.15, 0.2) is 17.5 Å². The smallest absolute Gasteiger partial charge is 0.164 e. The van der Waals surface area contributed by atoms with Gasteiger partial charge in [0.05, 0.1) is 0 Å². The molecule has 1 aromatic heterocycles. The first-order valence-electron chi connectivity index (χ1n) is 22.3. The van der Waals surface area contributed by atoms with Gasteiger partial charge < -0.3 is 0 Å². The molecule has 274 valence electrons. The van der Waals surface area contributed by atoms with Gasteiger partial charge in [0, 0.05) is 33.0 Å². The summed E-state index contributed by atoms with van der Waals surface area (Å²) in [6.07, 6.45) is 2.28. The number of rotatable bonds is 4. The molecular formula is C53H47N3. The van der Waals surface area contributed by atoms with Crippen molar-refractivity contribution in [1.82, 2.24) is 15.0 Å². The first-order valence-corrected chi connectivity index (χ1v) is 20.3. The van der Waals surface area contributed by atoms with Crippen molar-refractivity contribution in [3.8, 4) is 67.5 Å². The van der Waals surface area contributed by atoms with E-state index in [0.29, 0.717) is 30.3 Å². The SMILES string of the molecule is [2H]C1([2H])CC2(CCCCC2)CC([2H])([2H])C12c1ccccc1-c1ccc(-c3ccc4c(c3)C(C)(C)c3cc(-c5nc(-c6ccccc6)nc(-c6ccccc6)n5)ccc3-4)cc12. The van der Waals surface area contributed by atoms with Crippen LogP contribution in [-0.2, 0) is 10.8 Å². The van der Waals surface area contributed by atoms with Gasteiger partial charge in [0.2, 0.25) is 0 Å². The molecule has 4 aliphatic carbocycles. The van der Waals surface area contributed by atoms with Crippen LogP contribution in [0.4, 0.5) is 0 Å². The Morgan fingerprint density at radius 2 is 0.857 bits per heavy atom. The van der Waals surface area contributed by atoms with Crippen LogP contribution in [0.5, 0.6) is 0 Å². The Bertz CT molecular complexity index is 2760. The van der Waals surface area contributed by atoms with Crippen LogP contribution < -0.4 is 0 Å². The molecule has 4 aliphatic rings. The minimum Gasteiger partial charge on any atom is -0.208 e. The summed E-state index contributed by atoms with van der Waals surface area (Å²) in [5.41, 5.74) is 11.1. The van der Waals surface area contributed by atoms with Crippen LogP contribution in [0, 0.1) is 5.41 Å². The van der Waals surface area contributed by atoms with Crippen molar-refractivity contribution in [2.75, 3.05) is 0 Å². The standard InChI is InChI=1S/C53H47N3/c1-51(2)45-32-37(38-21-24-43-40-18-10-11-19-44(40)53(47(43)33-38)30-28-52(29-31-53)26-12-5-13-27-52)20-23-41(45)42-25-22-39(34-46(42)51)50-55-48(35-14-6-3-7-15-35)54-49(56-50)36-16-8-4-9-17-36/h3-4,6-11,14-25,32-34H,5,12-13,26-31H2,1-2H3/i30D2,31D2. The molecule has 0 N–H and O–H groups in total. The van der Waals surface area contributed by atoms with Gasteiger partial charge in [-0.1, -0.05) is 154 Å². The molecule has 1 heterocycles. The van der Waals surface area contributed by atoms with Crippen molar-refractivity contribution in [1.29, 1.82) is 0 Å². The van der Waals surface area contributed by atoms with E-state index in [1.54, 1.807) is 0 Å². The highest BCUT2D eigenvalue weighted by molar-refractivity contribution is 5.88. The van der Waals surface area contributed by atoms with E-state index in [1.807, 2.05) is 78.9 Å². The number of aromatic nitrogens is 3. The zero-order chi connectivity index (χ0) is 41.1. The molecule has 0 amide bonds. The summed E-state index contributed by atoms with van der Waals surface area (Å²) in [5, 5.41) is 0. The van der Waals surface area contributed by atoms with Crippen LogP contribution in [0.15, 0.2) is 140 Å². The highest BCUT2D eigenvalue weighted by Crippen LogP contribution is 2.61. The van der Waals surface area contributed by atoms with Gasteiger partial charge in [-0.3, -0.25) is 0 Å². The third-order valence-electron chi connectivity index (χ3n) is 13.4. The highest BCUT2D eigenvalue weighted by Gasteiger charge is 2.49. The Balaban J connectivity index is 0.997. The maximum absolute atomic E-state index is 9.96. The second-order valence-electron chi connectivity index (χ2n) is 17.0. The molecule has 56 heavy (non-hydrogen) atoms.